The molecule has 1 amide bonds. The standard InChI is InChI=1S/C18H20BrN3O/c19-14-6-4-5-13(9-14)17-18(23)21(15-7-2-1-3-8-15)11-16-10-20-12-22(16)17/h4-6,9-10,12,15,17H,1-3,7-8,11H2. The fourth-order valence-corrected chi connectivity index (χ4v) is 4.31. The van der Waals surface area contributed by atoms with Gasteiger partial charge in [0.05, 0.1) is 18.6 Å². The molecule has 0 bridgehead atoms. The number of rotatable bonds is 2. The number of amides is 1. The van der Waals surface area contributed by atoms with Gasteiger partial charge in [0.25, 0.3) is 5.91 Å². The lowest BCUT2D eigenvalue weighted by molar-refractivity contribution is -0.139. The minimum absolute atomic E-state index is 0.209. The predicted molar refractivity (Wildman–Crippen MR) is 91.9 cm³/mol. The summed E-state index contributed by atoms with van der Waals surface area (Å²) in [6, 6.07) is 8.14. The molecular formula is C18H20BrN3O. The summed E-state index contributed by atoms with van der Waals surface area (Å²) in [7, 11) is 0. The minimum Gasteiger partial charge on any atom is -0.332 e. The number of nitrogens with zero attached hydrogens (tertiary/aromatic N) is 3. The lowest BCUT2D eigenvalue weighted by atomic mass is 9.92. The summed E-state index contributed by atoms with van der Waals surface area (Å²) < 4.78 is 3.03. The van der Waals surface area contributed by atoms with Crippen LogP contribution >= 0.6 is 15.9 Å². The van der Waals surface area contributed by atoms with Crippen LogP contribution in [-0.4, -0.2) is 26.4 Å². The zero-order valence-electron chi connectivity index (χ0n) is 13.0. The summed E-state index contributed by atoms with van der Waals surface area (Å²) >= 11 is 3.52. The van der Waals surface area contributed by atoms with E-state index in [0.717, 1.165) is 28.6 Å². The highest BCUT2D eigenvalue weighted by molar-refractivity contribution is 9.10. The van der Waals surface area contributed by atoms with E-state index < -0.39 is 0 Å². The Labute approximate surface area is 144 Å². The van der Waals surface area contributed by atoms with Crippen LogP contribution in [0.3, 0.4) is 0 Å². The fourth-order valence-electron chi connectivity index (χ4n) is 3.90. The number of carbonyl (C=O) groups is 1. The number of carbonyl (C=O) groups excluding carboxylic acids is 1. The van der Waals surface area contributed by atoms with Crippen molar-refractivity contribution in [2.45, 2.75) is 50.7 Å². The second-order valence-corrected chi connectivity index (χ2v) is 7.42. The molecule has 1 unspecified atom stereocenters. The summed E-state index contributed by atoms with van der Waals surface area (Å²) in [5.74, 6) is 0.209. The average Bonchev–Trinajstić information content (AvgIpc) is 3.03. The Hall–Kier alpha value is -1.62. The second-order valence-electron chi connectivity index (χ2n) is 6.51. The van der Waals surface area contributed by atoms with Crippen molar-refractivity contribution in [1.82, 2.24) is 14.5 Å². The fraction of sp³-hybridized carbons (Fsp3) is 0.444. The molecule has 0 spiro atoms. The minimum atomic E-state index is -0.291. The molecule has 1 saturated carbocycles. The van der Waals surface area contributed by atoms with Crippen molar-refractivity contribution in [3.63, 3.8) is 0 Å². The van der Waals surface area contributed by atoms with E-state index >= 15 is 0 Å². The summed E-state index contributed by atoms with van der Waals surface area (Å²) in [6.45, 7) is 0.688. The van der Waals surface area contributed by atoms with E-state index in [1.54, 1.807) is 6.33 Å². The summed E-state index contributed by atoms with van der Waals surface area (Å²) in [5, 5.41) is 0. The van der Waals surface area contributed by atoms with Crippen LogP contribution in [0.4, 0.5) is 0 Å². The van der Waals surface area contributed by atoms with Crippen molar-refractivity contribution in [1.29, 1.82) is 0 Å². The van der Waals surface area contributed by atoms with Gasteiger partial charge in [0.15, 0.2) is 0 Å². The summed E-state index contributed by atoms with van der Waals surface area (Å²) in [6.07, 6.45) is 9.70. The first kappa shape index (κ1) is 14.9. The highest BCUT2D eigenvalue weighted by Gasteiger charge is 2.37. The molecule has 0 N–H and O–H groups in total. The van der Waals surface area contributed by atoms with Crippen LogP contribution in [0.5, 0.6) is 0 Å². The molecule has 1 fully saturated rings. The molecule has 1 aliphatic heterocycles. The predicted octanol–water partition coefficient (Wildman–Crippen LogP) is 3.91. The Morgan fingerprint density at radius 3 is 2.78 bits per heavy atom. The molecular weight excluding hydrogens is 354 g/mol. The zero-order chi connectivity index (χ0) is 15.8. The lowest BCUT2D eigenvalue weighted by Crippen LogP contribution is -2.48. The number of halogens is 1. The number of imidazole rings is 1. The molecule has 1 aliphatic carbocycles. The van der Waals surface area contributed by atoms with Gasteiger partial charge in [0, 0.05) is 16.7 Å². The number of aromatic nitrogens is 2. The molecule has 4 rings (SSSR count). The van der Waals surface area contributed by atoms with Crippen molar-refractivity contribution >= 4 is 21.8 Å². The van der Waals surface area contributed by atoms with E-state index in [4.69, 9.17) is 0 Å². The molecule has 2 aliphatic rings. The highest BCUT2D eigenvalue weighted by atomic mass is 79.9. The van der Waals surface area contributed by atoms with Crippen LogP contribution in [-0.2, 0) is 11.3 Å². The van der Waals surface area contributed by atoms with E-state index in [2.05, 4.69) is 25.8 Å². The Balaban J connectivity index is 1.73. The van der Waals surface area contributed by atoms with E-state index in [0.29, 0.717) is 12.6 Å². The first-order valence-electron chi connectivity index (χ1n) is 8.30. The molecule has 0 radical (unpaired) electrons. The summed E-state index contributed by atoms with van der Waals surface area (Å²) in [4.78, 5) is 19.6. The quantitative estimate of drug-likeness (QED) is 0.800. The molecule has 1 aromatic carbocycles. The van der Waals surface area contributed by atoms with Gasteiger partial charge in [-0.3, -0.25) is 4.79 Å². The highest BCUT2D eigenvalue weighted by Crippen LogP contribution is 2.33. The van der Waals surface area contributed by atoms with Gasteiger partial charge in [0.1, 0.15) is 6.04 Å². The van der Waals surface area contributed by atoms with Crippen molar-refractivity contribution in [2.75, 3.05) is 0 Å². The van der Waals surface area contributed by atoms with Gasteiger partial charge in [0.2, 0.25) is 0 Å². The van der Waals surface area contributed by atoms with Gasteiger partial charge >= 0.3 is 0 Å². The van der Waals surface area contributed by atoms with Crippen molar-refractivity contribution in [3.8, 4) is 0 Å². The Bertz CT molecular complexity index is 721. The van der Waals surface area contributed by atoms with E-state index in [-0.39, 0.29) is 11.9 Å². The van der Waals surface area contributed by atoms with Gasteiger partial charge in [-0.2, -0.15) is 0 Å². The largest absolute Gasteiger partial charge is 0.332 e. The van der Waals surface area contributed by atoms with Crippen molar-refractivity contribution in [3.05, 3.63) is 52.5 Å². The topological polar surface area (TPSA) is 38.1 Å². The first-order valence-corrected chi connectivity index (χ1v) is 9.10. The third-order valence-corrected chi connectivity index (χ3v) is 5.55. The molecule has 5 heteroatoms. The maximum Gasteiger partial charge on any atom is 0.250 e. The van der Waals surface area contributed by atoms with Gasteiger partial charge in [-0.05, 0) is 30.5 Å². The van der Waals surface area contributed by atoms with E-state index in [9.17, 15) is 4.79 Å². The molecule has 4 nitrogen and oxygen atoms in total. The van der Waals surface area contributed by atoms with Crippen LogP contribution in [0.2, 0.25) is 0 Å². The van der Waals surface area contributed by atoms with Crippen molar-refractivity contribution in [2.24, 2.45) is 0 Å². The first-order chi connectivity index (χ1) is 11.2. The Morgan fingerprint density at radius 1 is 1.17 bits per heavy atom. The number of hydrogen-bond donors (Lipinski definition) is 0. The third kappa shape index (κ3) is 2.71. The molecule has 2 heterocycles. The van der Waals surface area contributed by atoms with Crippen LogP contribution in [0.15, 0.2) is 41.3 Å². The van der Waals surface area contributed by atoms with E-state index in [1.165, 1.54) is 19.3 Å². The number of benzene rings is 1. The third-order valence-electron chi connectivity index (χ3n) is 5.05. The molecule has 1 atom stereocenters. The van der Waals surface area contributed by atoms with Gasteiger partial charge in [-0.25, -0.2) is 4.98 Å². The normalized spacial score (nSPS) is 22.2. The van der Waals surface area contributed by atoms with Crippen molar-refractivity contribution < 1.29 is 4.79 Å². The zero-order valence-corrected chi connectivity index (χ0v) is 14.6. The van der Waals surface area contributed by atoms with Gasteiger partial charge in [-0.15, -0.1) is 0 Å². The maximum absolute atomic E-state index is 13.3. The second kappa shape index (κ2) is 6.11. The molecule has 0 saturated heterocycles. The maximum atomic E-state index is 13.3. The van der Waals surface area contributed by atoms with E-state index in [1.807, 2.05) is 35.0 Å². The van der Waals surface area contributed by atoms with Crippen LogP contribution in [0.25, 0.3) is 0 Å². The molecule has 23 heavy (non-hydrogen) atoms. The molecule has 1 aromatic heterocycles. The number of fused-ring (bicyclic) bond motifs is 1. The van der Waals surface area contributed by atoms with Crippen LogP contribution in [0.1, 0.15) is 49.4 Å². The molecule has 120 valence electrons. The Kier molecular flexibility index (Phi) is 3.97. The smallest absolute Gasteiger partial charge is 0.250 e. The van der Waals surface area contributed by atoms with Gasteiger partial charge < -0.3 is 9.47 Å². The molecule has 2 aromatic rings. The lowest BCUT2D eigenvalue weighted by Gasteiger charge is -2.40. The van der Waals surface area contributed by atoms with Gasteiger partial charge in [-0.1, -0.05) is 47.3 Å². The monoisotopic (exact) mass is 373 g/mol. The van der Waals surface area contributed by atoms with Crippen LogP contribution < -0.4 is 0 Å². The summed E-state index contributed by atoms with van der Waals surface area (Å²) in [5.41, 5.74) is 2.14. The average molecular weight is 374 g/mol. The Morgan fingerprint density at radius 2 is 2.00 bits per heavy atom. The SMILES string of the molecule is O=C1C(c2cccc(Br)c2)n2cncc2CN1C1CCCCC1. The van der Waals surface area contributed by atoms with Crippen LogP contribution in [0, 0.1) is 0 Å². The number of hydrogen-bond acceptors (Lipinski definition) is 2.